The summed E-state index contributed by atoms with van der Waals surface area (Å²) in [5.74, 6) is 1.82. The molecule has 1 unspecified atom stereocenters. The standard InChI is InChI=1S/C13H24N4O/c1-7-18-9(13(4,5)6)11-15-10(8(2)3)16-12(14)17-11/h8-9H,7H2,1-6H3,(H2,14,15,16,17). The van der Waals surface area contributed by atoms with Crippen LogP contribution in [0.3, 0.4) is 0 Å². The Labute approximate surface area is 109 Å². The Morgan fingerprint density at radius 1 is 1.11 bits per heavy atom. The van der Waals surface area contributed by atoms with E-state index in [9.17, 15) is 0 Å². The van der Waals surface area contributed by atoms with Gasteiger partial charge in [0.15, 0.2) is 5.82 Å². The fraction of sp³-hybridized carbons (Fsp3) is 0.769. The van der Waals surface area contributed by atoms with Crippen molar-refractivity contribution in [1.82, 2.24) is 15.0 Å². The number of nitrogen functional groups attached to an aromatic ring is 1. The van der Waals surface area contributed by atoms with E-state index in [4.69, 9.17) is 10.5 Å². The molecule has 0 aliphatic rings. The predicted octanol–water partition coefficient (Wildman–Crippen LogP) is 2.70. The summed E-state index contributed by atoms with van der Waals surface area (Å²) in [5.41, 5.74) is 5.67. The Balaban J connectivity index is 3.20. The molecule has 1 heterocycles. The lowest BCUT2D eigenvalue weighted by molar-refractivity contribution is -0.0193. The van der Waals surface area contributed by atoms with Gasteiger partial charge in [0, 0.05) is 12.5 Å². The van der Waals surface area contributed by atoms with Crippen LogP contribution in [0.2, 0.25) is 0 Å². The van der Waals surface area contributed by atoms with Crippen LogP contribution in [0.15, 0.2) is 0 Å². The van der Waals surface area contributed by atoms with E-state index in [0.29, 0.717) is 18.3 Å². The zero-order chi connectivity index (χ0) is 13.9. The quantitative estimate of drug-likeness (QED) is 0.891. The molecular formula is C13H24N4O. The van der Waals surface area contributed by atoms with E-state index in [1.807, 2.05) is 20.8 Å². The Bertz CT molecular complexity index is 398. The zero-order valence-corrected chi connectivity index (χ0v) is 12.2. The third kappa shape index (κ3) is 3.63. The van der Waals surface area contributed by atoms with Crippen LogP contribution in [-0.4, -0.2) is 21.6 Å². The second kappa shape index (κ2) is 5.61. The minimum absolute atomic E-state index is 0.0853. The van der Waals surface area contributed by atoms with Crippen molar-refractivity contribution in [2.75, 3.05) is 12.3 Å². The fourth-order valence-electron chi connectivity index (χ4n) is 1.68. The van der Waals surface area contributed by atoms with Crippen LogP contribution < -0.4 is 5.73 Å². The molecule has 5 nitrogen and oxygen atoms in total. The van der Waals surface area contributed by atoms with Crippen LogP contribution in [0.4, 0.5) is 5.95 Å². The molecule has 2 N–H and O–H groups in total. The zero-order valence-electron chi connectivity index (χ0n) is 12.2. The number of nitrogens with two attached hydrogens (primary N) is 1. The Hall–Kier alpha value is -1.23. The number of anilines is 1. The van der Waals surface area contributed by atoms with E-state index in [1.165, 1.54) is 0 Å². The van der Waals surface area contributed by atoms with Gasteiger partial charge in [-0.15, -0.1) is 0 Å². The van der Waals surface area contributed by atoms with Crippen molar-refractivity contribution in [2.45, 2.75) is 53.6 Å². The second-order valence-corrected chi connectivity index (χ2v) is 5.77. The molecule has 1 rings (SSSR count). The molecule has 0 aliphatic carbocycles. The fourth-order valence-corrected chi connectivity index (χ4v) is 1.68. The first-order valence-corrected chi connectivity index (χ1v) is 6.38. The highest BCUT2D eigenvalue weighted by Crippen LogP contribution is 2.34. The van der Waals surface area contributed by atoms with Crippen LogP contribution in [-0.2, 0) is 4.74 Å². The molecule has 0 fully saturated rings. The van der Waals surface area contributed by atoms with Gasteiger partial charge in [-0.3, -0.25) is 0 Å². The summed E-state index contributed by atoms with van der Waals surface area (Å²) in [7, 11) is 0. The van der Waals surface area contributed by atoms with Gasteiger partial charge in [-0.2, -0.15) is 9.97 Å². The van der Waals surface area contributed by atoms with Gasteiger partial charge in [0.05, 0.1) is 0 Å². The molecule has 1 aromatic heterocycles. The van der Waals surface area contributed by atoms with Crippen LogP contribution >= 0.6 is 0 Å². The molecule has 5 heteroatoms. The SMILES string of the molecule is CCOC(c1nc(N)nc(C(C)C)n1)C(C)(C)C. The van der Waals surface area contributed by atoms with Crippen molar-refractivity contribution in [3.05, 3.63) is 11.6 Å². The molecule has 0 radical (unpaired) electrons. The molecule has 0 spiro atoms. The van der Waals surface area contributed by atoms with Gasteiger partial charge in [0.2, 0.25) is 5.95 Å². The van der Waals surface area contributed by atoms with Crippen molar-refractivity contribution in [1.29, 1.82) is 0 Å². The summed E-state index contributed by atoms with van der Waals surface area (Å²) in [6, 6.07) is 0. The van der Waals surface area contributed by atoms with Crippen LogP contribution in [0, 0.1) is 5.41 Å². The first-order valence-electron chi connectivity index (χ1n) is 6.38. The molecule has 1 atom stereocenters. The molecule has 0 saturated carbocycles. The summed E-state index contributed by atoms with van der Waals surface area (Å²) in [4.78, 5) is 12.9. The van der Waals surface area contributed by atoms with E-state index in [1.54, 1.807) is 0 Å². The maximum absolute atomic E-state index is 5.77. The summed E-state index contributed by atoms with van der Waals surface area (Å²) in [5, 5.41) is 0. The summed E-state index contributed by atoms with van der Waals surface area (Å²) in [6.45, 7) is 12.9. The lowest BCUT2D eigenvalue weighted by atomic mass is 9.88. The highest BCUT2D eigenvalue weighted by molar-refractivity contribution is 5.18. The van der Waals surface area contributed by atoms with Crippen molar-refractivity contribution in [3.8, 4) is 0 Å². The molecule has 0 aromatic carbocycles. The molecule has 0 bridgehead atoms. The Morgan fingerprint density at radius 2 is 1.67 bits per heavy atom. The molecule has 18 heavy (non-hydrogen) atoms. The first kappa shape index (κ1) is 14.8. The van der Waals surface area contributed by atoms with Crippen LogP contribution in [0.25, 0.3) is 0 Å². The number of hydrogen-bond donors (Lipinski definition) is 1. The highest BCUT2D eigenvalue weighted by Gasteiger charge is 2.30. The third-order valence-electron chi connectivity index (χ3n) is 2.56. The average Bonchev–Trinajstić information content (AvgIpc) is 2.23. The minimum Gasteiger partial charge on any atom is -0.370 e. The molecule has 0 amide bonds. The van der Waals surface area contributed by atoms with Gasteiger partial charge >= 0.3 is 0 Å². The largest absolute Gasteiger partial charge is 0.370 e. The number of hydrogen-bond acceptors (Lipinski definition) is 5. The number of rotatable bonds is 4. The summed E-state index contributed by atoms with van der Waals surface area (Å²) >= 11 is 0. The first-order chi connectivity index (χ1) is 8.25. The van der Waals surface area contributed by atoms with E-state index in [-0.39, 0.29) is 23.4 Å². The highest BCUT2D eigenvalue weighted by atomic mass is 16.5. The second-order valence-electron chi connectivity index (χ2n) is 5.77. The minimum atomic E-state index is -0.176. The van der Waals surface area contributed by atoms with E-state index in [0.717, 1.165) is 0 Å². The van der Waals surface area contributed by atoms with Gasteiger partial charge in [-0.05, 0) is 12.3 Å². The van der Waals surface area contributed by atoms with Crippen molar-refractivity contribution in [2.24, 2.45) is 5.41 Å². The molecule has 102 valence electrons. The Kier molecular flexibility index (Phi) is 4.62. The summed E-state index contributed by atoms with van der Waals surface area (Å²) in [6.07, 6.45) is -0.176. The topological polar surface area (TPSA) is 73.9 Å². The van der Waals surface area contributed by atoms with Gasteiger partial charge in [-0.25, -0.2) is 4.98 Å². The van der Waals surface area contributed by atoms with Gasteiger partial charge in [0.1, 0.15) is 11.9 Å². The smallest absolute Gasteiger partial charge is 0.223 e. The van der Waals surface area contributed by atoms with E-state index >= 15 is 0 Å². The molecular weight excluding hydrogens is 228 g/mol. The van der Waals surface area contributed by atoms with Crippen LogP contribution in [0.1, 0.15) is 65.2 Å². The molecule has 0 aliphatic heterocycles. The van der Waals surface area contributed by atoms with E-state index < -0.39 is 0 Å². The lowest BCUT2D eigenvalue weighted by Gasteiger charge is -2.29. The maximum Gasteiger partial charge on any atom is 0.223 e. The molecule has 1 aromatic rings. The number of nitrogens with zero attached hydrogens (tertiary/aromatic N) is 3. The van der Waals surface area contributed by atoms with Crippen molar-refractivity contribution in [3.63, 3.8) is 0 Å². The lowest BCUT2D eigenvalue weighted by Crippen LogP contribution is -2.25. The van der Waals surface area contributed by atoms with Crippen molar-refractivity contribution >= 4 is 5.95 Å². The van der Waals surface area contributed by atoms with Gasteiger partial charge < -0.3 is 10.5 Å². The normalized spacial score (nSPS) is 13.9. The predicted molar refractivity (Wildman–Crippen MR) is 72.2 cm³/mol. The van der Waals surface area contributed by atoms with E-state index in [2.05, 4.69) is 35.7 Å². The number of aromatic nitrogens is 3. The maximum atomic E-state index is 5.77. The monoisotopic (exact) mass is 252 g/mol. The van der Waals surface area contributed by atoms with Crippen LogP contribution in [0.5, 0.6) is 0 Å². The van der Waals surface area contributed by atoms with Crippen molar-refractivity contribution < 1.29 is 4.74 Å². The number of ether oxygens (including phenoxy) is 1. The summed E-state index contributed by atoms with van der Waals surface area (Å²) < 4.78 is 5.77. The Morgan fingerprint density at radius 3 is 2.11 bits per heavy atom. The average molecular weight is 252 g/mol. The van der Waals surface area contributed by atoms with Gasteiger partial charge in [-0.1, -0.05) is 34.6 Å². The third-order valence-corrected chi connectivity index (χ3v) is 2.56. The molecule has 0 saturated heterocycles. The van der Waals surface area contributed by atoms with Gasteiger partial charge in [0.25, 0.3) is 0 Å².